The molecule has 0 heteroatoms. The minimum Gasteiger partial charge on any atom is -0.0648 e. The lowest BCUT2D eigenvalue weighted by Gasteiger charge is -2.32. The lowest BCUT2D eigenvalue weighted by Crippen LogP contribution is -2.19. The van der Waals surface area contributed by atoms with E-state index in [2.05, 4.69) is 73.7 Å². The van der Waals surface area contributed by atoms with Crippen molar-refractivity contribution in [1.29, 1.82) is 0 Å². The summed E-state index contributed by atoms with van der Waals surface area (Å²) in [6.07, 6.45) is 14.9. The molecule has 1 fully saturated rings. The van der Waals surface area contributed by atoms with Gasteiger partial charge in [0, 0.05) is 0 Å². The summed E-state index contributed by atoms with van der Waals surface area (Å²) >= 11 is 0. The summed E-state index contributed by atoms with van der Waals surface area (Å²) in [4.78, 5) is 0. The molecule has 148 valence electrons. The van der Waals surface area contributed by atoms with Gasteiger partial charge in [-0.3, -0.25) is 0 Å². The Morgan fingerprint density at radius 3 is 2.31 bits per heavy atom. The number of hydrogen-bond acceptors (Lipinski definition) is 0. The Kier molecular flexibility index (Phi) is 5.04. The molecule has 0 amide bonds. The quantitative estimate of drug-likeness (QED) is 0.397. The summed E-state index contributed by atoms with van der Waals surface area (Å²) in [5.41, 5.74) is 7.97. The molecule has 0 aliphatic heterocycles. The maximum atomic E-state index is 2.55. The molecule has 0 bridgehead atoms. The average molecular weight is 381 g/mol. The van der Waals surface area contributed by atoms with Gasteiger partial charge in [-0.05, 0) is 64.1 Å². The Balaban J connectivity index is 1.52. The van der Waals surface area contributed by atoms with Crippen molar-refractivity contribution in [2.75, 3.05) is 0 Å². The van der Waals surface area contributed by atoms with Crippen LogP contribution in [0.1, 0.15) is 69.4 Å². The fourth-order valence-electron chi connectivity index (χ4n) is 5.86. The van der Waals surface area contributed by atoms with Crippen molar-refractivity contribution < 1.29 is 0 Å². The maximum Gasteiger partial charge on any atom is -0.00574 e. The zero-order valence-electron chi connectivity index (χ0n) is 17.7. The third-order valence-corrected chi connectivity index (χ3v) is 7.56. The summed E-state index contributed by atoms with van der Waals surface area (Å²) in [6, 6.07) is 22.4. The van der Waals surface area contributed by atoms with Crippen molar-refractivity contribution in [3.05, 3.63) is 77.4 Å². The van der Waals surface area contributed by atoms with Crippen LogP contribution >= 0.6 is 0 Å². The lowest BCUT2D eigenvalue weighted by atomic mass is 9.73. The first-order valence-corrected chi connectivity index (χ1v) is 11.6. The second kappa shape index (κ2) is 7.82. The van der Waals surface area contributed by atoms with Crippen LogP contribution in [0, 0.1) is 5.41 Å². The van der Waals surface area contributed by atoms with Crippen molar-refractivity contribution in [2.45, 2.75) is 64.7 Å². The first kappa shape index (κ1) is 18.7. The molecule has 0 radical (unpaired) electrons. The summed E-state index contributed by atoms with van der Waals surface area (Å²) in [5, 5.41) is 2.69. The zero-order chi connectivity index (χ0) is 19.7. The number of benzene rings is 3. The van der Waals surface area contributed by atoms with Crippen LogP contribution in [0.3, 0.4) is 0 Å². The van der Waals surface area contributed by atoms with E-state index in [1.807, 2.05) is 0 Å². The van der Waals surface area contributed by atoms with Gasteiger partial charge in [-0.15, -0.1) is 0 Å². The van der Waals surface area contributed by atoms with E-state index in [1.54, 1.807) is 5.57 Å². The Hall–Kier alpha value is -2.34. The SMILES string of the molecule is CCC1(CC2=Cc3c(cccc3-c3cccc4ccccc34)C2)CCCCCC1. The van der Waals surface area contributed by atoms with Crippen LogP contribution in [0.2, 0.25) is 0 Å². The minimum atomic E-state index is 0.546. The maximum absolute atomic E-state index is 2.55. The van der Waals surface area contributed by atoms with E-state index in [9.17, 15) is 0 Å². The predicted octanol–water partition coefficient (Wildman–Crippen LogP) is 8.59. The Labute approximate surface area is 175 Å². The van der Waals surface area contributed by atoms with Gasteiger partial charge in [-0.1, -0.05) is 111 Å². The first-order valence-electron chi connectivity index (χ1n) is 11.6. The molecule has 0 unspecified atom stereocenters. The predicted molar refractivity (Wildman–Crippen MR) is 126 cm³/mol. The summed E-state index contributed by atoms with van der Waals surface area (Å²) < 4.78 is 0. The molecule has 0 atom stereocenters. The van der Waals surface area contributed by atoms with Gasteiger partial charge in [0.2, 0.25) is 0 Å². The highest BCUT2D eigenvalue weighted by Gasteiger charge is 2.31. The van der Waals surface area contributed by atoms with Crippen LogP contribution in [0.25, 0.3) is 28.0 Å². The van der Waals surface area contributed by atoms with Gasteiger partial charge >= 0.3 is 0 Å². The monoisotopic (exact) mass is 380 g/mol. The molecule has 3 aromatic rings. The number of fused-ring (bicyclic) bond motifs is 2. The van der Waals surface area contributed by atoms with Crippen molar-refractivity contribution in [1.82, 2.24) is 0 Å². The standard InChI is InChI=1S/C29H32/c1-2-29(17-7-3-4-8-18-29)21-22-19-24-13-10-16-27(28(24)20-22)26-15-9-12-23-11-5-6-14-25(23)26/h5-6,9-16,20H,2-4,7-8,17-19,21H2,1H3. The zero-order valence-corrected chi connectivity index (χ0v) is 17.7. The molecular weight excluding hydrogens is 348 g/mol. The van der Waals surface area contributed by atoms with Crippen LogP contribution in [0.4, 0.5) is 0 Å². The van der Waals surface area contributed by atoms with Crippen LogP contribution in [0.15, 0.2) is 66.2 Å². The van der Waals surface area contributed by atoms with Gasteiger partial charge < -0.3 is 0 Å². The fourth-order valence-corrected chi connectivity index (χ4v) is 5.86. The van der Waals surface area contributed by atoms with E-state index in [-0.39, 0.29) is 0 Å². The Bertz CT molecular complexity index is 1040. The molecule has 0 nitrogen and oxygen atoms in total. The normalized spacial score (nSPS) is 18.3. The smallest absolute Gasteiger partial charge is 0.00574 e. The summed E-state index contributed by atoms with van der Waals surface area (Å²) in [6.45, 7) is 2.43. The molecule has 0 heterocycles. The first-order chi connectivity index (χ1) is 14.3. The van der Waals surface area contributed by atoms with E-state index in [1.165, 1.54) is 84.4 Å². The van der Waals surface area contributed by atoms with Gasteiger partial charge in [-0.2, -0.15) is 0 Å². The van der Waals surface area contributed by atoms with Crippen molar-refractivity contribution in [3.63, 3.8) is 0 Å². The summed E-state index contributed by atoms with van der Waals surface area (Å²) in [7, 11) is 0. The second-order valence-electron chi connectivity index (χ2n) is 9.33. The van der Waals surface area contributed by atoms with Crippen LogP contribution in [-0.2, 0) is 6.42 Å². The molecule has 0 N–H and O–H groups in total. The van der Waals surface area contributed by atoms with Gasteiger partial charge in [0.1, 0.15) is 0 Å². The molecule has 1 saturated carbocycles. The van der Waals surface area contributed by atoms with Crippen LogP contribution in [0.5, 0.6) is 0 Å². The van der Waals surface area contributed by atoms with E-state index >= 15 is 0 Å². The third kappa shape index (κ3) is 3.54. The topological polar surface area (TPSA) is 0 Å². The molecule has 29 heavy (non-hydrogen) atoms. The molecule has 0 saturated heterocycles. The van der Waals surface area contributed by atoms with Crippen molar-refractivity contribution in [3.8, 4) is 11.1 Å². The average Bonchev–Trinajstić information content (AvgIpc) is 3.03. The third-order valence-electron chi connectivity index (χ3n) is 7.56. The number of hydrogen-bond donors (Lipinski definition) is 0. The largest absolute Gasteiger partial charge is 0.0648 e. The van der Waals surface area contributed by atoms with E-state index in [4.69, 9.17) is 0 Å². The van der Waals surface area contributed by atoms with Crippen LogP contribution in [-0.4, -0.2) is 0 Å². The molecule has 5 rings (SSSR count). The van der Waals surface area contributed by atoms with Gasteiger partial charge in [0.05, 0.1) is 0 Å². The van der Waals surface area contributed by atoms with Gasteiger partial charge in [-0.25, -0.2) is 0 Å². The second-order valence-corrected chi connectivity index (χ2v) is 9.33. The van der Waals surface area contributed by atoms with Crippen molar-refractivity contribution in [2.24, 2.45) is 5.41 Å². The lowest BCUT2D eigenvalue weighted by molar-refractivity contribution is 0.230. The molecule has 0 aromatic heterocycles. The molecular formula is C29H32. The number of rotatable bonds is 4. The highest BCUT2D eigenvalue weighted by molar-refractivity contribution is 5.99. The highest BCUT2D eigenvalue weighted by Crippen LogP contribution is 2.46. The number of allylic oxidation sites excluding steroid dienone is 1. The van der Waals surface area contributed by atoms with Crippen LogP contribution < -0.4 is 0 Å². The fraction of sp³-hybridized carbons (Fsp3) is 0.379. The minimum absolute atomic E-state index is 0.546. The van der Waals surface area contributed by atoms with Gasteiger partial charge in [0.15, 0.2) is 0 Å². The highest BCUT2D eigenvalue weighted by atomic mass is 14.4. The van der Waals surface area contributed by atoms with Gasteiger partial charge in [0.25, 0.3) is 0 Å². The van der Waals surface area contributed by atoms with E-state index in [0.29, 0.717) is 5.41 Å². The van der Waals surface area contributed by atoms with Crippen molar-refractivity contribution >= 4 is 16.8 Å². The molecule has 2 aliphatic rings. The summed E-state index contributed by atoms with van der Waals surface area (Å²) in [5.74, 6) is 0. The Morgan fingerprint density at radius 2 is 1.48 bits per heavy atom. The molecule has 2 aliphatic carbocycles. The van der Waals surface area contributed by atoms with E-state index in [0.717, 1.165) is 6.42 Å². The Morgan fingerprint density at radius 1 is 0.759 bits per heavy atom. The molecule has 3 aromatic carbocycles. The molecule has 0 spiro atoms. The van der Waals surface area contributed by atoms with E-state index < -0.39 is 0 Å².